The van der Waals surface area contributed by atoms with E-state index < -0.39 is 46.8 Å². The van der Waals surface area contributed by atoms with Crippen LogP contribution in [0.25, 0.3) is 11.3 Å². The van der Waals surface area contributed by atoms with E-state index in [9.17, 15) is 31.1 Å². The van der Waals surface area contributed by atoms with Crippen molar-refractivity contribution in [3.05, 3.63) is 58.3 Å². The Balaban J connectivity index is 1.51. The summed E-state index contributed by atoms with van der Waals surface area (Å²) >= 11 is 0. The molecule has 2 aliphatic rings. The number of rotatable bonds is 3. The van der Waals surface area contributed by atoms with Gasteiger partial charge < -0.3 is 4.90 Å². The average molecular weight is 483 g/mol. The van der Waals surface area contributed by atoms with E-state index in [1.165, 1.54) is 16.6 Å². The highest BCUT2D eigenvalue weighted by Crippen LogP contribution is 2.43. The molecule has 1 atom stereocenters. The summed E-state index contributed by atoms with van der Waals surface area (Å²) in [5.74, 6) is -5.10. The Morgan fingerprint density at radius 3 is 2.35 bits per heavy atom. The minimum absolute atomic E-state index is 0.0593. The molecule has 5 rings (SSSR count). The molecular formula is C22H19F6N5O. The van der Waals surface area contributed by atoms with Crippen LogP contribution in [0, 0.1) is 17.5 Å². The number of amides is 1. The summed E-state index contributed by atoms with van der Waals surface area (Å²) in [5.41, 5.74) is -0.168. The van der Waals surface area contributed by atoms with Gasteiger partial charge in [0.15, 0.2) is 23.1 Å². The molecule has 0 N–H and O–H groups in total. The summed E-state index contributed by atoms with van der Waals surface area (Å²) in [4.78, 5) is 14.5. The highest BCUT2D eigenvalue weighted by Gasteiger charge is 2.45. The van der Waals surface area contributed by atoms with Gasteiger partial charge in [0.2, 0.25) is 0 Å². The summed E-state index contributed by atoms with van der Waals surface area (Å²) in [7, 11) is 1.53. The molecule has 12 heteroatoms. The quantitative estimate of drug-likeness (QED) is 0.397. The maximum Gasteiger partial charge on any atom is 0.433 e. The molecule has 6 nitrogen and oxygen atoms in total. The van der Waals surface area contributed by atoms with Gasteiger partial charge in [0.25, 0.3) is 5.91 Å². The van der Waals surface area contributed by atoms with Gasteiger partial charge in [-0.25, -0.2) is 13.2 Å². The van der Waals surface area contributed by atoms with E-state index >= 15 is 0 Å². The fourth-order valence-electron chi connectivity index (χ4n) is 4.63. The van der Waals surface area contributed by atoms with Gasteiger partial charge in [-0.3, -0.25) is 14.2 Å². The first-order chi connectivity index (χ1) is 16.0. The van der Waals surface area contributed by atoms with Crippen LogP contribution in [0.1, 0.15) is 59.2 Å². The Morgan fingerprint density at radius 1 is 1.12 bits per heavy atom. The van der Waals surface area contributed by atoms with Crippen molar-refractivity contribution in [3.63, 3.8) is 0 Å². The van der Waals surface area contributed by atoms with Crippen molar-refractivity contribution < 1.29 is 31.1 Å². The van der Waals surface area contributed by atoms with Crippen LogP contribution in [0.4, 0.5) is 26.3 Å². The highest BCUT2D eigenvalue weighted by molar-refractivity contribution is 5.96. The van der Waals surface area contributed by atoms with Gasteiger partial charge in [-0.2, -0.15) is 23.4 Å². The molecule has 34 heavy (non-hydrogen) atoms. The molecule has 1 fully saturated rings. The van der Waals surface area contributed by atoms with Gasteiger partial charge in [-0.1, -0.05) is 0 Å². The molecule has 0 bridgehead atoms. The second kappa shape index (κ2) is 7.60. The molecule has 0 unspecified atom stereocenters. The van der Waals surface area contributed by atoms with Crippen LogP contribution in [-0.2, 0) is 19.6 Å². The van der Waals surface area contributed by atoms with Gasteiger partial charge in [0.05, 0.1) is 35.2 Å². The Hall–Kier alpha value is -3.31. The molecular weight excluding hydrogens is 464 g/mol. The second-order valence-corrected chi connectivity index (χ2v) is 8.59. The molecule has 3 aromatic rings. The lowest BCUT2D eigenvalue weighted by Gasteiger charge is -2.33. The van der Waals surface area contributed by atoms with Crippen molar-refractivity contribution in [1.82, 2.24) is 24.5 Å². The lowest BCUT2D eigenvalue weighted by molar-refractivity contribution is -0.144. The Bertz CT molecular complexity index is 1280. The minimum atomic E-state index is -4.75. The maximum atomic E-state index is 13.8. The third-order valence-electron chi connectivity index (χ3n) is 6.35. The van der Waals surface area contributed by atoms with E-state index in [-0.39, 0.29) is 24.6 Å². The van der Waals surface area contributed by atoms with Gasteiger partial charge >= 0.3 is 6.18 Å². The van der Waals surface area contributed by atoms with Gasteiger partial charge in [-0.05, 0) is 38.3 Å². The van der Waals surface area contributed by atoms with Crippen molar-refractivity contribution in [3.8, 4) is 11.3 Å². The standard InChI is InChI=1S/C22H19F6N5O/c1-10-18-13(19(31(2)30-18)11-7-15(23)17(25)16(24)8-11)5-6-32(10)21(34)14-9-29-33(12-3-4-12)20(14)22(26,27)28/h7-10,12H,3-6H2,1-2H3/t10-/m0/s1. The predicted octanol–water partition coefficient (Wildman–Crippen LogP) is 4.81. The lowest BCUT2D eigenvalue weighted by atomic mass is 9.95. The molecule has 0 spiro atoms. The molecule has 2 aromatic heterocycles. The Kier molecular flexibility index (Phi) is 5.03. The molecule has 180 valence electrons. The molecule has 1 aliphatic carbocycles. The number of nitrogens with zero attached hydrogens (tertiary/aromatic N) is 5. The number of carbonyl (C=O) groups is 1. The third kappa shape index (κ3) is 3.46. The van der Waals surface area contributed by atoms with Crippen molar-refractivity contribution >= 4 is 5.91 Å². The zero-order valence-electron chi connectivity index (χ0n) is 18.1. The smallest absolute Gasteiger partial charge is 0.330 e. The topological polar surface area (TPSA) is 56.0 Å². The van der Waals surface area contributed by atoms with E-state index in [0.717, 1.165) is 23.0 Å². The zero-order chi connectivity index (χ0) is 24.5. The van der Waals surface area contributed by atoms with Crippen LogP contribution in [0.3, 0.4) is 0 Å². The SMILES string of the molecule is C[C@H]1c2nn(C)c(-c3cc(F)c(F)c(F)c3)c2CCN1C(=O)c1cnn(C2CC2)c1C(F)(F)F. The van der Waals surface area contributed by atoms with E-state index in [4.69, 9.17) is 0 Å². The fraction of sp³-hybridized carbons (Fsp3) is 0.409. The Morgan fingerprint density at radius 2 is 1.76 bits per heavy atom. The molecule has 1 aliphatic heterocycles. The van der Waals surface area contributed by atoms with Gasteiger partial charge in [0.1, 0.15) is 0 Å². The zero-order valence-corrected chi connectivity index (χ0v) is 18.1. The summed E-state index contributed by atoms with van der Waals surface area (Å²) in [6.07, 6.45) is -2.46. The number of aryl methyl sites for hydroxylation is 1. The molecule has 1 saturated carbocycles. The van der Waals surface area contributed by atoms with Crippen LogP contribution >= 0.6 is 0 Å². The molecule has 1 aromatic carbocycles. The number of fused-ring (bicyclic) bond motifs is 1. The van der Waals surface area contributed by atoms with E-state index in [1.54, 1.807) is 6.92 Å². The van der Waals surface area contributed by atoms with Crippen LogP contribution in [0.2, 0.25) is 0 Å². The number of halogens is 6. The third-order valence-corrected chi connectivity index (χ3v) is 6.35. The number of benzene rings is 1. The van der Waals surface area contributed by atoms with E-state index in [0.29, 0.717) is 29.8 Å². The van der Waals surface area contributed by atoms with Gasteiger partial charge in [0, 0.05) is 24.7 Å². The second-order valence-electron chi connectivity index (χ2n) is 8.59. The first-order valence-corrected chi connectivity index (χ1v) is 10.6. The molecule has 3 heterocycles. The van der Waals surface area contributed by atoms with Crippen LogP contribution in [-0.4, -0.2) is 36.9 Å². The summed E-state index contributed by atoms with van der Waals surface area (Å²) < 4.78 is 84.7. The first-order valence-electron chi connectivity index (χ1n) is 10.6. The number of alkyl halides is 3. The molecule has 0 radical (unpaired) electrons. The molecule has 0 saturated heterocycles. The van der Waals surface area contributed by atoms with Crippen molar-refractivity contribution in [2.45, 2.75) is 44.4 Å². The summed E-state index contributed by atoms with van der Waals surface area (Å²) in [5, 5.41) is 8.21. The maximum absolute atomic E-state index is 13.8. The average Bonchev–Trinajstić information content (AvgIpc) is 3.40. The summed E-state index contributed by atoms with van der Waals surface area (Å²) in [6.45, 7) is 1.68. The molecule has 1 amide bonds. The van der Waals surface area contributed by atoms with Crippen LogP contribution in [0.15, 0.2) is 18.3 Å². The number of carbonyl (C=O) groups excluding carboxylic acids is 1. The number of hydrogen-bond acceptors (Lipinski definition) is 3. The van der Waals surface area contributed by atoms with Crippen molar-refractivity contribution in [2.24, 2.45) is 7.05 Å². The highest BCUT2D eigenvalue weighted by atomic mass is 19.4. The predicted molar refractivity (Wildman–Crippen MR) is 107 cm³/mol. The summed E-state index contributed by atoms with van der Waals surface area (Å²) in [6, 6.07) is 0.648. The van der Waals surface area contributed by atoms with E-state index in [1.807, 2.05) is 0 Å². The van der Waals surface area contributed by atoms with Crippen molar-refractivity contribution in [2.75, 3.05) is 6.54 Å². The number of hydrogen-bond donors (Lipinski definition) is 0. The fourth-order valence-corrected chi connectivity index (χ4v) is 4.63. The monoisotopic (exact) mass is 483 g/mol. The van der Waals surface area contributed by atoms with Crippen LogP contribution < -0.4 is 0 Å². The normalized spacial score (nSPS) is 18.4. The first kappa shape index (κ1) is 22.5. The number of aromatic nitrogens is 4. The largest absolute Gasteiger partial charge is 0.433 e. The minimum Gasteiger partial charge on any atom is -0.330 e. The van der Waals surface area contributed by atoms with Crippen molar-refractivity contribution in [1.29, 1.82) is 0 Å². The lowest BCUT2D eigenvalue weighted by Crippen LogP contribution is -2.39. The van der Waals surface area contributed by atoms with Crippen LogP contribution in [0.5, 0.6) is 0 Å². The van der Waals surface area contributed by atoms with Gasteiger partial charge in [-0.15, -0.1) is 0 Å². The van der Waals surface area contributed by atoms with E-state index in [2.05, 4.69) is 10.2 Å². The Labute approximate surface area is 189 Å².